The first-order chi connectivity index (χ1) is 12.9. The summed E-state index contributed by atoms with van der Waals surface area (Å²) in [6, 6.07) is 9.06. The highest BCUT2D eigenvalue weighted by Crippen LogP contribution is 2.29. The lowest BCUT2D eigenvalue weighted by molar-refractivity contribution is -0.130. The molecule has 27 heavy (non-hydrogen) atoms. The number of carbonyl (C=O) groups excluding carboxylic acids is 2. The van der Waals surface area contributed by atoms with Crippen LogP contribution in [0.4, 0.5) is 8.78 Å². The smallest absolute Gasteiger partial charge is 0.340 e. The van der Waals surface area contributed by atoms with E-state index in [2.05, 4.69) is 5.32 Å². The second kappa shape index (κ2) is 8.05. The Morgan fingerprint density at radius 3 is 2.70 bits per heavy atom. The van der Waals surface area contributed by atoms with E-state index in [1.165, 1.54) is 12.5 Å². The lowest BCUT2D eigenvalue weighted by Gasteiger charge is -2.27. The van der Waals surface area contributed by atoms with Gasteiger partial charge in [0.05, 0.1) is 16.6 Å². The first-order valence-electron chi connectivity index (χ1n) is 8.60. The second-order valence-corrected chi connectivity index (χ2v) is 6.85. The standard InChI is InChI=1S/C20H18ClF2NO3/c1-11(27-20(26)14-9-16(22)17(23)10-15(14)21)19(25)24-18-8-4-6-12-5-2-3-7-13(12)18/h2-3,5,7,9-11,18H,4,6,8H2,1H3,(H,24,25). The van der Waals surface area contributed by atoms with E-state index >= 15 is 0 Å². The van der Waals surface area contributed by atoms with Crippen LogP contribution >= 0.6 is 11.6 Å². The summed E-state index contributed by atoms with van der Waals surface area (Å²) >= 11 is 5.76. The molecule has 0 aromatic heterocycles. The van der Waals surface area contributed by atoms with E-state index in [0.29, 0.717) is 12.1 Å². The van der Waals surface area contributed by atoms with Gasteiger partial charge in [-0.3, -0.25) is 4.79 Å². The number of fused-ring (bicyclic) bond motifs is 1. The average Bonchev–Trinajstić information content (AvgIpc) is 2.64. The average molecular weight is 394 g/mol. The number of ether oxygens (including phenoxy) is 1. The van der Waals surface area contributed by atoms with Gasteiger partial charge in [-0.05, 0) is 49.4 Å². The van der Waals surface area contributed by atoms with E-state index < -0.39 is 29.6 Å². The van der Waals surface area contributed by atoms with Crippen LogP contribution in [0, 0.1) is 11.6 Å². The van der Waals surface area contributed by atoms with Crippen LogP contribution in [0.2, 0.25) is 5.02 Å². The number of esters is 1. The molecule has 2 aromatic carbocycles. The highest BCUT2D eigenvalue weighted by molar-refractivity contribution is 6.33. The number of nitrogens with one attached hydrogen (secondary N) is 1. The molecule has 0 aliphatic heterocycles. The van der Waals surface area contributed by atoms with Crippen molar-refractivity contribution in [1.82, 2.24) is 5.32 Å². The van der Waals surface area contributed by atoms with Crippen molar-refractivity contribution < 1.29 is 23.1 Å². The van der Waals surface area contributed by atoms with Gasteiger partial charge in [0.2, 0.25) is 0 Å². The lowest BCUT2D eigenvalue weighted by Crippen LogP contribution is -2.39. The Hall–Kier alpha value is -2.47. The van der Waals surface area contributed by atoms with Crippen molar-refractivity contribution in [3.8, 4) is 0 Å². The molecule has 3 rings (SSSR count). The molecule has 0 heterocycles. The topological polar surface area (TPSA) is 55.4 Å². The number of halogens is 3. The van der Waals surface area contributed by atoms with E-state index in [9.17, 15) is 18.4 Å². The molecule has 0 saturated carbocycles. The molecule has 1 aliphatic rings. The third-order valence-electron chi connectivity index (χ3n) is 4.57. The van der Waals surface area contributed by atoms with Crippen molar-refractivity contribution >= 4 is 23.5 Å². The summed E-state index contributed by atoms with van der Waals surface area (Å²) in [6.07, 6.45) is 1.58. The van der Waals surface area contributed by atoms with Crippen molar-refractivity contribution in [2.24, 2.45) is 0 Å². The van der Waals surface area contributed by atoms with Gasteiger partial charge in [0.25, 0.3) is 5.91 Å². The van der Waals surface area contributed by atoms with Crippen molar-refractivity contribution in [3.05, 3.63) is 69.7 Å². The number of hydrogen-bond donors (Lipinski definition) is 1. The number of aryl methyl sites for hydroxylation is 1. The maximum Gasteiger partial charge on any atom is 0.340 e. The van der Waals surface area contributed by atoms with Crippen molar-refractivity contribution in [2.45, 2.75) is 38.3 Å². The minimum atomic E-state index is -1.22. The molecule has 1 N–H and O–H groups in total. The Morgan fingerprint density at radius 1 is 1.22 bits per heavy atom. The number of amides is 1. The minimum Gasteiger partial charge on any atom is -0.449 e. The molecule has 2 atom stereocenters. The summed E-state index contributed by atoms with van der Waals surface area (Å²) in [7, 11) is 0. The van der Waals surface area contributed by atoms with Crippen molar-refractivity contribution in [3.63, 3.8) is 0 Å². The van der Waals surface area contributed by atoms with Gasteiger partial charge in [0, 0.05) is 0 Å². The summed E-state index contributed by atoms with van der Waals surface area (Å²) in [6.45, 7) is 1.41. The van der Waals surface area contributed by atoms with E-state index in [0.717, 1.165) is 24.8 Å². The van der Waals surface area contributed by atoms with E-state index in [-0.39, 0.29) is 16.6 Å². The monoisotopic (exact) mass is 393 g/mol. The van der Waals surface area contributed by atoms with Gasteiger partial charge < -0.3 is 10.1 Å². The highest BCUT2D eigenvalue weighted by atomic mass is 35.5. The van der Waals surface area contributed by atoms with Crippen LogP contribution in [-0.2, 0) is 16.0 Å². The van der Waals surface area contributed by atoms with Crippen LogP contribution in [0.25, 0.3) is 0 Å². The molecule has 0 radical (unpaired) electrons. The summed E-state index contributed by atoms with van der Waals surface area (Å²) in [5.74, 6) is -3.85. The van der Waals surface area contributed by atoms with Gasteiger partial charge in [-0.25, -0.2) is 13.6 Å². The van der Waals surface area contributed by atoms with E-state index in [1.807, 2.05) is 24.3 Å². The third-order valence-corrected chi connectivity index (χ3v) is 4.88. The molecule has 0 saturated heterocycles. The predicted octanol–water partition coefficient (Wildman–Crippen LogP) is 4.36. The maximum atomic E-state index is 13.3. The van der Waals surface area contributed by atoms with Crippen LogP contribution < -0.4 is 5.32 Å². The fourth-order valence-corrected chi connectivity index (χ4v) is 3.38. The Bertz CT molecular complexity index is 888. The molecular weight excluding hydrogens is 376 g/mol. The second-order valence-electron chi connectivity index (χ2n) is 6.45. The zero-order valence-corrected chi connectivity index (χ0v) is 15.4. The molecule has 4 nitrogen and oxygen atoms in total. The molecule has 2 unspecified atom stereocenters. The molecule has 2 aromatic rings. The number of hydrogen-bond acceptors (Lipinski definition) is 3. The Balaban J connectivity index is 1.67. The molecule has 0 bridgehead atoms. The van der Waals surface area contributed by atoms with Crippen LogP contribution in [0.5, 0.6) is 0 Å². The number of benzene rings is 2. The number of rotatable bonds is 4. The van der Waals surface area contributed by atoms with Crippen LogP contribution in [0.3, 0.4) is 0 Å². The summed E-state index contributed by atoms with van der Waals surface area (Å²) < 4.78 is 31.5. The first-order valence-corrected chi connectivity index (χ1v) is 8.98. The lowest BCUT2D eigenvalue weighted by atomic mass is 9.87. The molecule has 142 valence electrons. The number of carbonyl (C=O) groups is 2. The third kappa shape index (κ3) is 4.27. The summed E-state index contributed by atoms with van der Waals surface area (Å²) in [5.41, 5.74) is 1.91. The molecule has 1 aliphatic carbocycles. The van der Waals surface area contributed by atoms with Gasteiger partial charge in [0.15, 0.2) is 17.7 Å². The maximum absolute atomic E-state index is 13.3. The van der Waals surface area contributed by atoms with Gasteiger partial charge >= 0.3 is 5.97 Å². The van der Waals surface area contributed by atoms with Crippen LogP contribution in [0.1, 0.15) is 47.3 Å². The zero-order valence-electron chi connectivity index (χ0n) is 14.6. The zero-order chi connectivity index (χ0) is 19.6. The molecule has 0 fully saturated rings. The minimum absolute atomic E-state index is 0.157. The van der Waals surface area contributed by atoms with E-state index in [1.54, 1.807) is 0 Å². The Kier molecular flexibility index (Phi) is 5.75. The molecule has 1 amide bonds. The fraction of sp³-hybridized carbons (Fsp3) is 0.300. The normalized spacial score (nSPS) is 17.0. The van der Waals surface area contributed by atoms with Gasteiger partial charge in [0.1, 0.15) is 0 Å². The Morgan fingerprint density at radius 2 is 1.93 bits per heavy atom. The molecular formula is C20H18ClF2NO3. The van der Waals surface area contributed by atoms with E-state index in [4.69, 9.17) is 16.3 Å². The van der Waals surface area contributed by atoms with Gasteiger partial charge in [-0.2, -0.15) is 0 Å². The Labute approximate surface area is 160 Å². The summed E-state index contributed by atoms with van der Waals surface area (Å²) in [4.78, 5) is 24.6. The largest absolute Gasteiger partial charge is 0.449 e. The molecule has 0 spiro atoms. The SMILES string of the molecule is CC(OC(=O)c1cc(F)c(F)cc1Cl)C(=O)NC1CCCc2ccccc21. The van der Waals surface area contributed by atoms with Gasteiger partial charge in [-0.1, -0.05) is 35.9 Å². The van der Waals surface area contributed by atoms with Crippen LogP contribution in [-0.4, -0.2) is 18.0 Å². The van der Waals surface area contributed by atoms with Crippen LogP contribution in [0.15, 0.2) is 36.4 Å². The van der Waals surface area contributed by atoms with Crippen molar-refractivity contribution in [1.29, 1.82) is 0 Å². The summed E-state index contributed by atoms with van der Waals surface area (Å²) in [5, 5.41) is 2.60. The van der Waals surface area contributed by atoms with Crippen molar-refractivity contribution in [2.75, 3.05) is 0 Å². The first kappa shape index (κ1) is 19.3. The predicted molar refractivity (Wildman–Crippen MR) is 96.5 cm³/mol. The highest BCUT2D eigenvalue weighted by Gasteiger charge is 2.26. The van der Waals surface area contributed by atoms with Gasteiger partial charge in [-0.15, -0.1) is 0 Å². The molecule has 7 heteroatoms. The quantitative estimate of drug-likeness (QED) is 0.620. The fourth-order valence-electron chi connectivity index (χ4n) is 3.15.